The molecule has 0 bridgehead atoms. The molecule has 8 nitrogen and oxygen atoms in total. The third kappa shape index (κ3) is 2.85. The first-order chi connectivity index (χ1) is 7.57. The van der Waals surface area contributed by atoms with Gasteiger partial charge in [0.25, 0.3) is 20.2 Å². The maximum absolute atomic E-state index is 10.9. The lowest BCUT2D eigenvalue weighted by Gasteiger charge is -2.09. The number of nitrogens with one attached hydrogen (secondary N) is 1. The van der Waals surface area contributed by atoms with Gasteiger partial charge in [0.05, 0.1) is 12.8 Å². The summed E-state index contributed by atoms with van der Waals surface area (Å²) in [6.45, 7) is 0. The Morgan fingerprint density at radius 2 is 1.53 bits per heavy atom. The summed E-state index contributed by atoms with van der Waals surface area (Å²) in [7, 11) is -8.28. The Balaban J connectivity index is 3.69. The molecule has 0 saturated carbocycles. The first-order valence-corrected chi connectivity index (χ1v) is 6.84. The van der Waals surface area contributed by atoms with E-state index in [2.05, 4.69) is 4.74 Å². The van der Waals surface area contributed by atoms with Crippen LogP contribution < -0.4 is 10.5 Å². The Bertz CT molecular complexity index is 647. The van der Waals surface area contributed by atoms with Gasteiger partial charge >= 0.3 is 0 Å². The molecular formula is C7H8NO7S2. The van der Waals surface area contributed by atoms with E-state index < -0.39 is 41.5 Å². The minimum Gasteiger partial charge on any atom is -0.495 e. The van der Waals surface area contributed by atoms with Gasteiger partial charge in [-0.05, 0) is 6.07 Å². The molecule has 1 rings (SSSR count). The fourth-order valence-corrected chi connectivity index (χ4v) is 2.37. The lowest BCUT2D eigenvalue weighted by Crippen LogP contribution is -2.06. The van der Waals surface area contributed by atoms with E-state index in [1.54, 1.807) is 0 Å². The number of hydrogen-bond acceptors (Lipinski definition) is 5. The third-order valence-corrected chi connectivity index (χ3v) is 3.59. The molecule has 10 heteroatoms. The molecule has 0 spiro atoms. The van der Waals surface area contributed by atoms with Crippen LogP contribution in [-0.4, -0.2) is 33.1 Å². The molecule has 95 valence electrons. The highest BCUT2D eigenvalue weighted by Crippen LogP contribution is 2.32. The summed E-state index contributed by atoms with van der Waals surface area (Å²) in [6, 6.07) is 1.21. The molecule has 0 saturated heterocycles. The fourth-order valence-electron chi connectivity index (χ4n) is 1.12. The van der Waals surface area contributed by atoms with Crippen LogP contribution in [0.1, 0.15) is 0 Å². The Kier molecular flexibility index (Phi) is 3.34. The van der Waals surface area contributed by atoms with E-state index in [0.717, 1.165) is 7.11 Å². The third-order valence-electron chi connectivity index (χ3n) is 1.82. The van der Waals surface area contributed by atoms with Crippen molar-refractivity contribution in [2.45, 2.75) is 9.79 Å². The van der Waals surface area contributed by atoms with Crippen molar-refractivity contribution in [1.29, 1.82) is 0 Å². The fraction of sp³-hybridized carbons (Fsp3) is 0.143. The van der Waals surface area contributed by atoms with E-state index in [4.69, 9.17) is 14.8 Å². The van der Waals surface area contributed by atoms with Crippen molar-refractivity contribution in [2.75, 3.05) is 7.11 Å². The highest BCUT2D eigenvalue weighted by atomic mass is 32.2. The minimum absolute atomic E-state index is 0.490. The normalized spacial score (nSPS) is 12.4. The Hall–Kier alpha value is -1.36. The maximum Gasteiger partial charge on any atom is 0.298 e. The highest BCUT2D eigenvalue weighted by molar-refractivity contribution is 7.86. The number of ether oxygens (including phenoxy) is 1. The summed E-state index contributed by atoms with van der Waals surface area (Å²) in [5.74, 6) is -0.490. The monoisotopic (exact) mass is 282 g/mol. The molecule has 3 N–H and O–H groups in total. The van der Waals surface area contributed by atoms with Gasteiger partial charge in [-0.3, -0.25) is 14.8 Å². The molecule has 0 amide bonds. The molecule has 0 atom stereocenters. The first-order valence-electron chi connectivity index (χ1n) is 3.96. The summed E-state index contributed by atoms with van der Waals surface area (Å²) < 4.78 is 65.7. The largest absolute Gasteiger partial charge is 0.495 e. The summed E-state index contributed by atoms with van der Waals surface area (Å²) in [6.07, 6.45) is 0. The van der Waals surface area contributed by atoms with Crippen LogP contribution in [0.4, 0.5) is 5.69 Å². The van der Waals surface area contributed by atoms with Crippen LogP contribution in [0.3, 0.4) is 0 Å². The average Bonchev–Trinajstić information content (AvgIpc) is 2.14. The zero-order chi connectivity index (χ0) is 13.4. The standard InChI is InChI=1S/C7H8NO7S2/c1-15-5-3-6(16(9,10)11)4(8)2-7(5)17(12,13)14/h2-3,8H,1H3,(H,9,10,11)(H,12,13,14). The van der Waals surface area contributed by atoms with Crippen LogP contribution in [-0.2, 0) is 20.2 Å². The molecule has 0 aliphatic heterocycles. The lowest BCUT2D eigenvalue weighted by molar-refractivity contribution is 0.395. The zero-order valence-electron chi connectivity index (χ0n) is 8.41. The molecule has 1 aromatic rings. The minimum atomic E-state index is -4.67. The van der Waals surface area contributed by atoms with Gasteiger partial charge in [0, 0.05) is 6.07 Å². The quantitative estimate of drug-likeness (QED) is 0.748. The van der Waals surface area contributed by atoms with Gasteiger partial charge in [0.2, 0.25) is 0 Å². The van der Waals surface area contributed by atoms with E-state index in [-0.39, 0.29) is 0 Å². The molecule has 1 aromatic carbocycles. The molecule has 17 heavy (non-hydrogen) atoms. The zero-order valence-corrected chi connectivity index (χ0v) is 10.0. The van der Waals surface area contributed by atoms with Crippen LogP contribution >= 0.6 is 0 Å². The molecular weight excluding hydrogens is 274 g/mol. The topological polar surface area (TPSA) is 142 Å². The Labute approximate surface area is 97.5 Å². The summed E-state index contributed by atoms with van der Waals surface area (Å²) in [4.78, 5) is -1.57. The van der Waals surface area contributed by atoms with Crippen molar-refractivity contribution >= 4 is 25.9 Å². The van der Waals surface area contributed by atoms with Gasteiger partial charge in [-0.15, -0.1) is 0 Å². The van der Waals surface area contributed by atoms with Gasteiger partial charge in [-0.1, -0.05) is 0 Å². The highest BCUT2D eigenvalue weighted by Gasteiger charge is 2.23. The van der Waals surface area contributed by atoms with Crippen LogP contribution in [0, 0.1) is 0 Å². The average molecular weight is 282 g/mol. The van der Waals surface area contributed by atoms with Crippen molar-refractivity contribution in [3.8, 4) is 5.75 Å². The van der Waals surface area contributed by atoms with Crippen molar-refractivity contribution in [1.82, 2.24) is 5.73 Å². The smallest absolute Gasteiger partial charge is 0.298 e. The number of benzene rings is 1. The molecule has 0 aromatic heterocycles. The summed E-state index contributed by atoms with van der Waals surface area (Å²) >= 11 is 0. The lowest BCUT2D eigenvalue weighted by atomic mass is 10.3. The van der Waals surface area contributed by atoms with Gasteiger partial charge in [-0.2, -0.15) is 16.8 Å². The molecule has 0 aliphatic rings. The predicted molar refractivity (Wildman–Crippen MR) is 55.4 cm³/mol. The second kappa shape index (κ2) is 4.14. The van der Waals surface area contributed by atoms with E-state index in [1.807, 2.05) is 0 Å². The van der Waals surface area contributed by atoms with Gasteiger partial charge in [0.1, 0.15) is 15.5 Å². The second-order valence-electron chi connectivity index (χ2n) is 2.95. The Morgan fingerprint density at radius 3 is 1.88 bits per heavy atom. The number of methoxy groups -OCH3 is 1. The van der Waals surface area contributed by atoms with E-state index in [1.165, 1.54) is 0 Å². The summed E-state index contributed by atoms with van der Waals surface area (Å²) in [5.41, 5.74) is 6.47. The van der Waals surface area contributed by atoms with Crippen LogP contribution in [0.25, 0.3) is 0 Å². The number of rotatable bonds is 3. The molecule has 0 aliphatic carbocycles. The second-order valence-corrected chi connectivity index (χ2v) is 5.73. The van der Waals surface area contributed by atoms with Crippen molar-refractivity contribution < 1.29 is 30.7 Å². The number of hydrogen-bond donors (Lipinski definition) is 2. The van der Waals surface area contributed by atoms with Crippen LogP contribution in [0.5, 0.6) is 5.75 Å². The van der Waals surface area contributed by atoms with Crippen molar-refractivity contribution in [3.63, 3.8) is 0 Å². The maximum atomic E-state index is 10.9. The van der Waals surface area contributed by atoms with E-state index in [0.29, 0.717) is 12.1 Å². The SMILES string of the molecule is COc1cc(S(=O)(=O)O)c([NH])cc1S(=O)(=O)O. The van der Waals surface area contributed by atoms with Gasteiger partial charge in [-0.25, -0.2) is 0 Å². The summed E-state index contributed by atoms with van der Waals surface area (Å²) in [5, 5.41) is 0. The van der Waals surface area contributed by atoms with Crippen LogP contribution in [0.15, 0.2) is 21.9 Å². The molecule has 1 radical (unpaired) electrons. The van der Waals surface area contributed by atoms with Gasteiger partial charge in [0.15, 0.2) is 0 Å². The van der Waals surface area contributed by atoms with Crippen molar-refractivity contribution in [2.24, 2.45) is 0 Å². The van der Waals surface area contributed by atoms with Crippen molar-refractivity contribution in [3.05, 3.63) is 12.1 Å². The van der Waals surface area contributed by atoms with Crippen LogP contribution in [0.2, 0.25) is 0 Å². The predicted octanol–water partition coefficient (Wildman–Crippen LogP) is 0.103. The van der Waals surface area contributed by atoms with E-state index >= 15 is 0 Å². The molecule has 0 fully saturated rings. The molecule has 0 unspecified atom stereocenters. The Morgan fingerprint density at radius 1 is 1.06 bits per heavy atom. The van der Waals surface area contributed by atoms with Gasteiger partial charge < -0.3 is 4.74 Å². The van der Waals surface area contributed by atoms with E-state index in [9.17, 15) is 16.8 Å². The molecule has 0 heterocycles. The first kappa shape index (κ1) is 13.7.